The maximum absolute atomic E-state index is 13.1. The van der Waals surface area contributed by atoms with Crippen LogP contribution in [0.25, 0.3) is 0 Å². The summed E-state index contributed by atoms with van der Waals surface area (Å²) in [6.45, 7) is 0.382. The van der Waals surface area contributed by atoms with Crippen LogP contribution >= 0.6 is 0 Å². The smallest absolute Gasteiger partial charge is 0.169 e. The molecule has 2 aliphatic rings. The molecular weight excluding hydrogens is 328 g/mol. The van der Waals surface area contributed by atoms with Gasteiger partial charge in [0, 0.05) is 23.8 Å². The Morgan fingerprint density at radius 1 is 1.00 bits per heavy atom. The number of aromatic hydroxyl groups is 1. The molecule has 0 heterocycles. The second-order valence-electron chi connectivity index (χ2n) is 7.45. The Kier molecular flexibility index (Phi) is 4.27. The number of Topliss-reactive ketones (excluding diaryl/α,β-unsaturated/α-hetero) is 2. The monoisotopic (exact) mass is 350 g/mol. The average molecular weight is 350 g/mol. The Hall–Kier alpha value is -2.62. The van der Waals surface area contributed by atoms with Gasteiger partial charge in [0.2, 0.25) is 0 Å². The fourth-order valence-corrected chi connectivity index (χ4v) is 4.16. The van der Waals surface area contributed by atoms with Gasteiger partial charge in [-0.25, -0.2) is 0 Å². The molecule has 4 heteroatoms. The van der Waals surface area contributed by atoms with Crippen LogP contribution in [-0.2, 0) is 17.8 Å². The van der Waals surface area contributed by atoms with Crippen LogP contribution in [0, 0.1) is 5.41 Å². The van der Waals surface area contributed by atoms with Crippen molar-refractivity contribution in [3.8, 4) is 11.5 Å². The maximum atomic E-state index is 13.1. The second kappa shape index (κ2) is 6.60. The van der Waals surface area contributed by atoms with E-state index < -0.39 is 0 Å². The summed E-state index contributed by atoms with van der Waals surface area (Å²) in [5, 5.41) is 9.33. The van der Waals surface area contributed by atoms with Gasteiger partial charge in [0.25, 0.3) is 0 Å². The lowest BCUT2D eigenvalue weighted by molar-refractivity contribution is -0.119. The normalized spacial score (nSPS) is 22.3. The molecule has 1 atom stereocenters. The third kappa shape index (κ3) is 3.12. The van der Waals surface area contributed by atoms with Crippen molar-refractivity contribution in [2.75, 3.05) is 0 Å². The zero-order valence-corrected chi connectivity index (χ0v) is 14.7. The van der Waals surface area contributed by atoms with Gasteiger partial charge < -0.3 is 9.84 Å². The van der Waals surface area contributed by atoms with Crippen LogP contribution in [0.2, 0.25) is 0 Å². The number of fused-ring (bicyclic) bond motifs is 1. The SMILES string of the molecule is O=C1CCCC2(CC1)Cc1ccc(OCc3ccc(O)cc3)cc1C2=O. The van der Waals surface area contributed by atoms with Crippen LogP contribution in [0.3, 0.4) is 0 Å². The van der Waals surface area contributed by atoms with E-state index in [9.17, 15) is 14.7 Å². The van der Waals surface area contributed by atoms with E-state index in [-0.39, 0.29) is 22.7 Å². The highest BCUT2D eigenvalue weighted by Crippen LogP contribution is 2.46. The molecule has 2 aromatic carbocycles. The predicted molar refractivity (Wildman–Crippen MR) is 97.4 cm³/mol. The molecule has 1 N–H and O–H groups in total. The fraction of sp³-hybridized carbons (Fsp3) is 0.364. The van der Waals surface area contributed by atoms with Gasteiger partial charge in [-0.1, -0.05) is 18.2 Å². The zero-order valence-electron chi connectivity index (χ0n) is 14.7. The van der Waals surface area contributed by atoms with E-state index in [1.165, 1.54) is 0 Å². The number of carbonyl (C=O) groups excluding carboxylic acids is 2. The lowest BCUT2D eigenvalue weighted by atomic mass is 9.77. The van der Waals surface area contributed by atoms with Crippen LogP contribution in [0.5, 0.6) is 11.5 Å². The van der Waals surface area contributed by atoms with Crippen molar-refractivity contribution < 1.29 is 19.4 Å². The number of benzene rings is 2. The maximum Gasteiger partial charge on any atom is 0.169 e. The summed E-state index contributed by atoms with van der Waals surface area (Å²) in [4.78, 5) is 24.9. The quantitative estimate of drug-likeness (QED) is 0.900. The molecule has 0 bridgehead atoms. The number of rotatable bonds is 3. The number of phenols is 1. The summed E-state index contributed by atoms with van der Waals surface area (Å²) in [5.74, 6) is 1.36. The Morgan fingerprint density at radius 3 is 2.62 bits per heavy atom. The highest BCUT2D eigenvalue weighted by molar-refractivity contribution is 6.05. The van der Waals surface area contributed by atoms with Gasteiger partial charge in [-0.2, -0.15) is 0 Å². The van der Waals surface area contributed by atoms with Gasteiger partial charge >= 0.3 is 0 Å². The van der Waals surface area contributed by atoms with Crippen LogP contribution in [-0.4, -0.2) is 16.7 Å². The Balaban J connectivity index is 1.51. The molecule has 1 fully saturated rings. The van der Waals surface area contributed by atoms with Gasteiger partial charge in [0.15, 0.2) is 5.78 Å². The fourth-order valence-electron chi connectivity index (χ4n) is 4.16. The summed E-state index contributed by atoms with van der Waals surface area (Å²) in [5.41, 5.74) is 2.39. The van der Waals surface area contributed by atoms with Crippen LogP contribution in [0.4, 0.5) is 0 Å². The summed E-state index contributed by atoms with van der Waals surface area (Å²) < 4.78 is 5.84. The van der Waals surface area contributed by atoms with Gasteiger partial charge in [0.1, 0.15) is 23.9 Å². The van der Waals surface area contributed by atoms with Crippen molar-refractivity contribution in [3.63, 3.8) is 0 Å². The topological polar surface area (TPSA) is 63.6 Å². The van der Waals surface area contributed by atoms with Crippen molar-refractivity contribution >= 4 is 11.6 Å². The molecule has 0 aliphatic heterocycles. The van der Waals surface area contributed by atoms with Crippen LogP contribution in [0.15, 0.2) is 42.5 Å². The van der Waals surface area contributed by atoms with Gasteiger partial charge in [0.05, 0.1) is 0 Å². The zero-order chi connectivity index (χ0) is 18.1. The van der Waals surface area contributed by atoms with Gasteiger partial charge in [-0.05, 0) is 61.1 Å². The average Bonchev–Trinajstić information content (AvgIpc) is 2.78. The first kappa shape index (κ1) is 16.8. The van der Waals surface area contributed by atoms with E-state index in [0.29, 0.717) is 31.6 Å². The van der Waals surface area contributed by atoms with Crippen molar-refractivity contribution in [2.45, 2.75) is 45.1 Å². The van der Waals surface area contributed by atoms with E-state index in [1.807, 2.05) is 30.3 Å². The Bertz CT molecular complexity index is 853. The van der Waals surface area contributed by atoms with Crippen molar-refractivity contribution in [1.82, 2.24) is 0 Å². The molecule has 4 rings (SSSR count). The largest absolute Gasteiger partial charge is 0.508 e. The Labute approximate surface area is 152 Å². The molecule has 0 amide bonds. The molecule has 2 aromatic rings. The highest BCUT2D eigenvalue weighted by Gasteiger charge is 2.45. The molecule has 2 aliphatic carbocycles. The minimum atomic E-state index is -0.385. The summed E-state index contributed by atoms with van der Waals surface area (Å²) in [6.07, 6.45) is 4.14. The predicted octanol–water partition coefficient (Wildman–Crippen LogP) is 4.23. The number of hydrogen-bond acceptors (Lipinski definition) is 4. The first-order valence-corrected chi connectivity index (χ1v) is 9.16. The van der Waals surface area contributed by atoms with Crippen molar-refractivity contribution in [1.29, 1.82) is 0 Å². The number of hydrogen-bond donors (Lipinski definition) is 1. The molecular formula is C22H22O4. The standard InChI is InChI=1S/C22H22O4/c23-17-2-1-10-22(11-9-17)13-16-5-8-19(12-20(16)21(22)25)26-14-15-3-6-18(24)7-4-15/h3-8,12,24H,1-2,9-11,13-14H2. The highest BCUT2D eigenvalue weighted by atomic mass is 16.5. The molecule has 0 aromatic heterocycles. The van der Waals surface area contributed by atoms with Crippen molar-refractivity contribution in [3.05, 3.63) is 59.2 Å². The summed E-state index contributed by atoms with van der Waals surface area (Å²) in [7, 11) is 0. The van der Waals surface area contributed by atoms with Crippen LogP contribution < -0.4 is 4.74 Å². The minimum absolute atomic E-state index is 0.178. The lowest BCUT2D eigenvalue weighted by Gasteiger charge is -2.24. The van der Waals surface area contributed by atoms with Gasteiger partial charge in [-0.15, -0.1) is 0 Å². The third-order valence-corrected chi connectivity index (χ3v) is 5.67. The van der Waals surface area contributed by atoms with Crippen molar-refractivity contribution in [2.24, 2.45) is 5.41 Å². The first-order valence-electron chi connectivity index (χ1n) is 9.16. The second-order valence-corrected chi connectivity index (χ2v) is 7.45. The molecule has 1 unspecified atom stereocenters. The molecule has 1 spiro atoms. The summed E-state index contributed by atoms with van der Waals surface area (Å²) >= 11 is 0. The van der Waals surface area contributed by atoms with E-state index in [1.54, 1.807) is 12.1 Å². The van der Waals surface area contributed by atoms with E-state index >= 15 is 0 Å². The molecule has 4 nitrogen and oxygen atoms in total. The van der Waals surface area contributed by atoms with Gasteiger partial charge in [-0.3, -0.25) is 9.59 Å². The van der Waals surface area contributed by atoms with E-state index in [0.717, 1.165) is 36.0 Å². The molecule has 1 saturated carbocycles. The number of ketones is 2. The first-order chi connectivity index (χ1) is 12.6. The molecule has 0 radical (unpaired) electrons. The third-order valence-electron chi connectivity index (χ3n) is 5.67. The number of ether oxygens (including phenoxy) is 1. The molecule has 26 heavy (non-hydrogen) atoms. The lowest BCUT2D eigenvalue weighted by Crippen LogP contribution is -2.27. The Morgan fingerprint density at radius 2 is 1.81 bits per heavy atom. The summed E-state index contributed by atoms with van der Waals surface area (Å²) in [6, 6.07) is 12.6. The van der Waals surface area contributed by atoms with Crippen LogP contribution in [0.1, 0.15) is 53.6 Å². The number of phenolic OH excluding ortho intramolecular Hbond substituents is 1. The molecule has 134 valence electrons. The van der Waals surface area contributed by atoms with E-state index in [4.69, 9.17) is 4.74 Å². The van der Waals surface area contributed by atoms with E-state index in [2.05, 4.69) is 0 Å². The minimum Gasteiger partial charge on any atom is -0.508 e. The number of carbonyl (C=O) groups is 2. The molecule has 0 saturated heterocycles.